The number of nitrogens with zero attached hydrogens (tertiary/aromatic N) is 2. The van der Waals surface area contributed by atoms with Crippen molar-refractivity contribution in [3.63, 3.8) is 0 Å². The Labute approximate surface area is 200 Å². The predicted molar refractivity (Wildman–Crippen MR) is 127 cm³/mol. The number of sulfonamides is 1. The second kappa shape index (κ2) is 9.40. The number of fused-ring (bicyclic) bond motifs is 1. The molecule has 32 heavy (non-hydrogen) atoms. The number of carbonyl (C=O) groups is 2. The molecule has 0 saturated carbocycles. The number of nitrogens with one attached hydrogen (secondary N) is 1. The minimum atomic E-state index is -3.84. The monoisotopic (exact) mass is 516 g/mol. The summed E-state index contributed by atoms with van der Waals surface area (Å²) in [5.74, 6) is -1.02. The van der Waals surface area contributed by atoms with E-state index < -0.39 is 27.9 Å². The highest BCUT2D eigenvalue weighted by atomic mass is 35.5. The zero-order valence-corrected chi connectivity index (χ0v) is 20.8. The van der Waals surface area contributed by atoms with Gasteiger partial charge in [0.2, 0.25) is 5.91 Å². The third kappa shape index (κ3) is 4.46. The minimum Gasteiger partial charge on any atom is -0.365 e. The summed E-state index contributed by atoms with van der Waals surface area (Å²) in [5.41, 5.74) is 6.92. The van der Waals surface area contributed by atoms with E-state index in [9.17, 15) is 18.0 Å². The van der Waals surface area contributed by atoms with Crippen LogP contribution in [0.5, 0.6) is 0 Å². The molecule has 1 fully saturated rings. The summed E-state index contributed by atoms with van der Waals surface area (Å²) in [5, 5.41) is 3.24. The summed E-state index contributed by atoms with van der Waals surface area (Å²) >= 11 is 8.24. The lowest BCUT2D eigenvalue weighted by Gasteiger charge is -2.26. The summed E-state index contributed by atoms with van der Waals surface area (Å²) in [6.45, 7) is 4.89. The van der Waals surface area contributed by atoms with Gasteiger partial charge in [-0.1, -0.05) is 18.5 Å². The molecule has 4 heterocycles. The van der Waals surface area contributed by atoms with E-state index in [0.29, 0.717) is 40.7 Å². The number of rotatable bonds is 7. The molecule has 12 heteroatoms. The fraction of sp³-hybridized carbons (Fsp3) is 0.500. The van der Waals surface area contributed by atoms with Crippen LogP contribution < -0.4 is 11.1 Å². The summed E-state index contributed by atoms with van der Waals surface area (Å²) in [6, 6.07) is 2.13. The Morgan fingerprint density at radius 1 is 1.28 bits per heavy atom. The van der Waals surface area contributed by atoms with E-state index >= 15 is 0 Å². The van der Waals surface area contributed by atoms with Gasteiger partial charge in [0.15, 0.2) is 0 Å². The summed E-state index contributed by atoms with van der Waals surface area (Å²) in [6.07, 6.45) is 2.72. The second-order valence-corrected chi connectivity index (χ2v) is 12.9. The van der Waals surface area contributed by atoms with E-state index in [1.165, 1.54) is 27.8 Å². The molecule has 1 atom stereocenters. The molecule has 2 amide bonds. The number of thiophene rings is 2. The zero-order valence-electron chi connectivity index (χ0n) is 17.6. The summed E-state index contributed by atoms with van der Waals surface area (Å²) in [4.78, 5) is 28.7. The fourth-order valence-corrected chi connectivity index (χ4v) is 8.92. The minimum absolute atomic E-state index is 0.114. The van der Waals surface area contributed by atoms with E-state index in [4.69, 9.17) is 17.3 Å². The number of nitrogens with two attached hydrogens (primary N) is 1. The van der Waals surface area contributed by atoms with Crippen LogP contribution >= 0.6 is 34.3 Å². The van der Waals surface area contributed by atoms with Crippen molar-refractivity contribution in [3.8, 4) is 0 Å². The molecule has 174 valence electrons. The smallest absolute Gasteiger partial charge is 0.253 e. The molecule has 2 aliphatic heterocycles. The first-order valence-corrected chi connectivity index (χ1v) is 13.9. The molecule has 0 aliphatic carbocycles. The van der Waals surface area contributed by atoms with Crippen LogP contribution in [0.4, 0.5) is 5.00 Å². The number of hydrogen-bond acceptors (Lipinski definition) is 7. The van der Waals surface area contributed by atoms with Gasteiger partial charge in [-0.05, 0) is 49.9 Å². The highest BCUT2D eigenvalue weighted by Crippen LogP contribution is 2.38. The molecule has 2 aliphatic rings. The van der Waals surface area contributed by atoms with E-state index in [0.717, 1.165) is 41.3 Å². The van der Waals surface area contributed by atoms with Gasteiger partial charge >= 0.3 is 0 Å². The van der Waals surface area contributed by atoms with Crippen molar-refractivity contribution in [1.82, 2.24) is 9.21 Å². The van der Waals surface area contributed by atoms with Crippen molar-refractivity contribution >= 4 is 61.1 Å². The van der Waals surface area contributed by atoms with Gasteiger partial charge in [0.25, 0.3) is 15.9 Å². The van der Waals surface area contributed by atoms with Gasteiger partial charge in [-0.3, -0.25) is 14.5 Å². The third-order valence-corrected chi connectivity index (χ3v) is 10.5. The van der Waals surface area contributed by atoms with Gasteiger partial charge in [0.05, 0.1) is 9.90 Å². The number of primary amides is 1. The predicted octanol–water partition coefficient (Wildman–Crippen LogP) is 3.12. The normalized spacial score (nSPS) is 19.8. The van der Waals surface area contributed by atoms with Gasteiger partial charge in [-0.2, -0.15) is 4.31 Å². The second-order valence-electron chi connectivity index (χ2n) is 7.92. The van der Waals surface area contributed by atoms with Crippen molar-refractivity contribution in [2.24, 2.45) is 5.73 Å². The Morgan fingerprint density at radius 3 is 2.72 bits per heavy atom. The molecule has 0 radical (unpaired) electrons. The molecule has 3 N–H and O–H groups in total. The van der Waals surface area contributed by atoms with E-state index in [1.54, 1.807) is 0 Å². The van der Waals surface area contributed by atoms with Crippen LogP contribution in [0.25, 0.3) is 0 Å². The van der Waals surface area contributed by atoms with E-state index in [-0.39, 0.29) is 10.8 Å². The standard InChI is InChI=1S/C20H25ClN4O4S3/c1-2-8-24-10-7-12-14(11-24)30-20(17(12)18(22)26)23-19(27)13-4-3-9-25(13)32(28,29)16-6-5-15(21)31-16/h5-6,13H,2-4,7-11H2,1H3,(H2,22,26)(H,23,27). The van der Waals surface area contributed by atoms with Crippen molar-refractivity contribution < 1.29 is 18.0 Å². The molecule has 4 rings (SSSR count). The number of halogens is 1. The van der Waals surface area contributed by atoms with Gasteiger partial charge in [-0.15, -0.1) is 22.7 Å². The number of anilines is 1. The molecule has 0 spiro atoms. The largest absolute Gasteiger partial charge is 0.365 e. The maximum absolute atomic E-state index is 13.2. The molecule has 1 unspecified atom stereocenters. The lowest BCUT2D eigenvalue weighted by molar-refractivity contribution is -0.119. The lowest BCUT2D eigenvalue weighted by atomic mass is 10.0. The Morgan fingerprint density at radius 2 is 2.06 bits per heavy atom. The van der Waals surface area contributed by atoms with Gasteiger partial charge in [0.1, 0.15) is 15.3 Å². The molecule has 1 saturated heterocycles. The van der Waals surface area contributed by atoms with Gasteiger partial charge < -0.3 is 11.1 Å². The molecule has 2 aromatic rings. The number of amides is 2. The quantitative estimate of drug-likeness (QED) is 0.587. The van der Waals surface area contributed by atoms with Gasteiger partial charge in [0, 0.05) is 24.5 Å². The first-order chi connectivity index (χ1) is 15.2. The first kappa shape index (κ1) is 23.7. The Balaban J connectivity index is 1.58. The van der Waals surface area contributed by atoms with Crippen LogP contribution in [0.1, 0.15) is 47.0 Å². The maximum atomic E-state index is 13.2. The SMILES string of the molecule is CCCN1CCc2c(sc(NC(=O)C3CCCN3S(=O)(=O)c3ccc(Cl)s3)c2C(N)=O)C1. The van der Waals surface area contributed by atoms with E-state index in [2.05, 4.69) is 17.1 Å². The summed E-state index contributed by atoms with van der Waals surface area (Å²) < 4.78 is 27.8. The number of hydrogen-bond donors (Lipinski definition) is 2. The van der Waals surface area contributed by atoms with Crippen molar-refractivity contribution in [1.29, 1.82) is 0 Å². The van der Waals surface area contributed by atoms with Gasteiger partial charge in [-0.25, -0.2) is 8.42 Å². The molecule has 0 aromatic carbocycles. The lowest BCUT2D eigenvalue weighted by Crippen LogP contribution is -2.43. The molecule has 8 nitrogen and oxygen atoms in total. The average Bonchev–Trinajstić information content (AvgIpc) is 3.45. The van der Waals surface area contributed by atoms with Crippen molar-refractivity contribution in [2.45, 2.75) is 49.4 Å². The molecular formula is C20H25ClN4O4S3. The van der Waals surface area contributed by atoms with E-state index in [1.807, 2.05) is 0 Å². The third-order valence-electron chi connectivity index (χ3n) is 5.78. The van der Waals surface area contributed by atoms with Crippen LogP contribution in [0.2, 0.25) is 4.34 Å². The van der Waals surface area contributed by atoms with Crippen molar-refractivity contribution in [3.05, 3.63) is 32.5 Å². The Bertz CT molecular complexity index is 1140. The Hall–Kier alpha value is -1.50. The molecular weight excluding hydrogens is 492 g/mol. The van der Waals surface area contributed by atoms with Crippen LogP contribution in [0.15, 0.2) is 16.3 Å². The number of carbonyl (C=O) groups excluding carboxylic acids is 2. The Kier molecular flexibility index (Phi) is 6.94. The van der Waals surface area contributed by atoms with Crippen LogP contribution in [-0.2, 0) is 27.8 Å². The first-order valence-electron chi connectivity index (χ1n) is 10.5. The highest BCUT2D eigenvalue weighted by molar-refractivity contribution is 7.91. The topological polar surface area (TPSA) is 113 Å². The maximum Gasteiger partial charge on any atom is 0.253 e. The fourth-order valence-electron chi connectivity index (χ4n) is 4.35. The summed E-state index contributed by atoms with van der Waals surface area (Å²) in [7, 11) is -3.84. The van der Waals surface area contributed by atoms with Crippen LogP contribution in [-0.4, -0.2) is 55.1 Å². The van der Waals surface area contributed by atoms with Crippen LogP contribution in [0.3, 0.4) is 0 Å². The van der Waals surface area contributed by atoms with Crippen molar-refractivity contribution in [2.75, 3.05) is 25.0 Å². The van der Waals surface area contributed by atoms with Crippen LogP contribution in [0, 0.1) is 0 Å². The highest BCUT2D eigenvalue weighted by Gasteiger charge is 2.41. The average molecular weight is 517 g/mol. The molecule has 2 aromatic heterocycles. The molecule has 0 bridgehead atoms. The zero-order chi connectivity index (χ0) is 23.0.